The van der Waals surface area contributed by atoms with Gasteiger partial charge in [0, 0.05) is 19.1 Å². The van der Waals surface area contributed by atoms with Gasteiger partial charge >= 0.3 is 0 Å². The Labute approximate surface area is 66.8 Å². The first-order valence-electron chi connectivity index (χ1n) is 3.96. The van der Waals surface area contributed by atoms with E-state index < -0.39 is 0 Å². The van der Waals surface area contributed by atoms with Crippen LogP contribution in [0.25, 0.3) is 0 Å². The summed E-state index contributed by atoms with van der Waals surface area (Å²) in [5.74, 6) is 0.105. The van der Waals surface area contributed by atoms with Crippen molar-refractivity contribution in [3.8, 4) is 0 Å². The Balaban J connectivity index is 2.58. The van der Waals surface area contributed by atoms with Crippen LogP contribution in [-0.2, 0) is 4.79 Å². The molecule has 1 aliphatic rings. The van der Waals surface area contributed by atoms with Crippen LogP contribution in [0.1, 0.15) is 26.7 Å². The van der Waals surface area contributed by atoms with E-state index in [4.69, 9.17) is 5.11 Å². The molecule has 0 radical (unpaired) electrons. The molecule has 1 heterocycles. The Morgan fingerprint density at radius 3 is 2.73 bits per heavy atom. The first-order valence-corrected chi connectivity index (χ1v) is 3.96. The highest BCUT2D eigenvalue weighted by atomic mass is 16.3. The molecule has 0 aromatic rings. The van der Waals surface area contributed by atoms with Gasteiger partial charge in [-0.3, -0.25) is 4.79 Å². The van der Waals surface area contributed by atoms with Crippen LogP contribution in [-0.4, -0.2) is 23.7 Å². The van der Waals surface area contributed by atoms with Gasteiger partial charge in [0.15, 0.2) is 0 Å². The van der Waals surface area contributed by atoms with Crippen LogP contribution < -0.4 is 5.32 Å². The van der Waals surface area contributed by atoms with Gasteiger partial charge in [-0.05, 0) is 11.8 Å². The Hall–Kier alpha value is -0.570. The Morgan fingerprint density at radius 1 is 1.73 bits per heavy atom. The van der Waals surface area contributed by atoms with Crippen LogP contribution >= 0.6 is 0 Å². The minimum absolute atomic E-state index is 0.0137. The van der Waals surface area contributed by atoms with Crippen LogP contribution in [0.2, 0.25) is 0 Å². The highest BCUT2D eigenvalue weighted by molar-refractivity contribution is 5.79. The van der Waals surface area contributed by atoms with Crippen molar-refractivity contribution in [2.75, 3.05) is 6.61 Å². The summed E-state index contributed by atoms with van der Waals surface area (Å²) in [6.45, 7) is 4.24. The third kappa shape index (κ3) is 1.71. The summed E-state index contributed by atoms with van der Waals surface area (Å²) in [6, 6.07) is 0.153. The molecule has 1 amide bonds. The third-order valence-electron chi connectivity index (χ3n) is 2.31. The fourth-order valence-electron chi connectivity index (χ4n) is 1.57. The zero-order valence-corrected chi connectivity index (χ0v) is 7.05. The van der Waals surface area contributed by atoms with Crippen LogP contribution in [0.15, 0.2) is 0 Å². The zero-order chi connectivity index (χ0) is 8.48. The lowest BCUT2D eigenvalue weighted by molar-refractivity contribution is -0.119. The molecule has 1 saturated heterocycles. The molecule has 1 unspecified atom stereocenters. The van der Waals surface area contributed by atoms with E-state index in [-0.39, 0.29) is 24.0 Å². The minimum atomic E-state index is 0.0137. The molecule has 0 aromatic carbocycles. The quantitative estimate of drug-likeness (QED) is 0.605. The number of hydrogen-bond acceptors (Lipinski definition) is 2. The van der Waals surface area contributed by atoms with Crippen molar-refractivity contribution in [3.05, 3.63) is 0 Å². The Morgan fingerprint density at radius 2 is 2.36 bits per heavy atom. The summed E-state index contributed by atoms with van der Waals surface area (Å²) < 4.78 is 0. The van der Waals surface area contributed by atoms with E-state index >= 15 is 0 Å². The van der Waals surface area contributed by atoms with E-state index in [1.807, 2.05) is 13.8 Å². The summed E-state index contributed by atoms with van der Waals surface area (Å²) in [5, 5.41) is 11.5. The van der Waals surface area contributed by atoms with Crippen molar-refractivity contribution in [2.24, 2.45) is 5.41 Å². The molecule has 1 fully saturated rings. The Kier molecular flexibility index (Phi) is 2.18. The lowest BCUT2D eigenvalue weighted by atomic mass is 9.83. The van der Waals surface area contributed by atoms with E-state index in [0.29, 0.717) is 12.8 Å². The number of aliphatic hydroxyl groups excluding tert-OH is 1. The maximum atomic E-state index is 11.0. The molecule has 0 saturated carbocycles. The monoisotopic (exact) mass is 157 g/mol. The van der Waals surface area contributed by atoms with Crippen LogP contribution in [0.4, 0.5) is 0 Å². The van der Waals surface area contributed by atoms with Gasteiger partial charge in [-0.15, -0.1) is 0 Å². The molecule has 3 heteroatoms. The molecule has 2 N–H and O–H groups in total. The molecule has 1 atom stereocenters. The highest BCUT2D eigenvalue weighted by Gasteiger charge is 2.38. The van der Waals surface area contributed by atoms with Crippen molar-refractivity contribution in [1.29, 1.82) is 0 Å². The van der Waals surface area contributed by atoms with Crippen LogP contribution in [0.5, 0.6) is 0 Å². The molecular formula is C8H15NO2. The van der Waals surface area contributed by atoms with E-state index in [0.717, 1.165) is 0 Å². The van der Waals surface area contributed by atoms with Gasteiger partial charge in [-0.1, -0.05) is 13.8 Å². The number of carbonyl (C=O) groups is 1. The maximum absolute atomic E-state index is 11.0. The van der Waals surface area contributed by atoms with Crippen LogP contribution in [0.3, 0.4) is 0 Å². The first-order chi connectivity index (χ1) is 5.06. The van der Waals surface area contributed by atoms with Crippen molar-refractivity contribution >= 4 is 5.91 Å². The van der Waals surface area contributed by atoms with Gasteiger partial charge < -0.3 is 10.4 Å². The fourth-order valence-corrected chi connectivity index (χ4v) is 1.57. The molecule has 1 aliphatic heterocycles. The number of nitrogens with one attached hydrogen (secondary N) is 1. The smallest absolute Gasteiger partial charge is 0.220 e. The van der Waals surface area contributed by atoms with Gasteiger partial charge in [0.1, 0.15) is 0 Å². The van der Waals surface area contributed by atoms with Gasteiger partial charge in [0.05, 0.1) is 0 Å². The normalized spacial score (nSPS) is 28.6. The summed E-state index contributed by atoms with van der Waals surface area (Å²) in [4.78, 5) is 11.0. The number of amides is 1. The molecule has 0 aliphatic carbocycles. The van der Waals surface area contributed by atoms with Crippen LogP contribution in [0, 0.1) is 5.41 Å². The van der Waals surface area contributed by atoms with E-state index in [2.05, 4.69) is 5.32 Å². The molecule has 11 heavy (non-hydrogen) atoms. The van der Waals surface area contributed by atoms with E-state index in [1.54, 1.807) is 0 Å². The van der Waals surface area contributed by atoms with Gasteiger partial charge in [-0.2, -0.15) is 0 Å². The average Bonchev–Trinajstić information content (AvgIpc) is 2.07. The predicted molar refractivity (Wildman–Crippen MR) is 42.0 cm³/mol. The zero-order valence-electron chi connectivity index (χ0n) is 7.05. The predicted octanol–water partition coefficient (Wildman–Crippen LogP) is 0.283. The average molecular weight is 157 g/mol. The van der Waals surface area contributed by atoms with E-state index in [9.17, 15) is 4.79 Å². The second-order valence-electron chi connectivity index (χ2n) is 3.80. The minimum Gasteiger partial charge on any atom is -0.396 e. The molecule has 64 valence electrons. The lowest BCUT2D eigenvalue weighted by Crippen LogP contribution is -2.34. The standard InChI is InChI=1S/C8H15NO2/c1-8(2)5-7(11)9-6(8)3-4-10/h6,10H,3-5H2,1-2H3,(H,9,11). The SMILES string of the molecule is CC1(C)CC(=O)NC1CCO. The third-order valence-corrected chi connectivity index (χ3v) is 2.31. The number of aliphatic hydroxyl groups is 1. The van der Waals surface area contributed by atoms with Crippen molar-refractivity contribution in [2.45, 2.75) is 32.7 Å². The second kappa shape index (κ2) is 2.81. The summed E-state index contributed by atoms with van der Waals surface area (Å²) >= 11 is 0. The van der Waals surface area contributed by atoms with Crippen molar-refractivity contribution in [3.63, 3.8) is 0 Å². The molecule has 0 spiro atoms. The number of hydrogen-bond donors (Lipinski definition) is 2. The first kappa shape index (κ1) is 8.53. The molecule has 1 rings (SSSR count). The van der Waals surface area contributed by atoms with Crippen molar-refractivity contribution < 1.29 is 9.90 Å². The van der Waals surface area contributed by atoms with Crippen molar-refractivity contribution in [1.82, 2.24) is 5.32 Å². The molecule has 3 nitrogen and oxygen atoms in total. The summed E-state index contributed by atoms with van der Waals surface area (Å²) in [5.41, 5.74) is 0.0137. The Bertz CT molecular complexity index is 165. The number of carbonyl (C=O) groups excluding carboxylic acids is 1. The fraction of sp³-hybridized carbons (Fsp3) is 0.875. The van der Waals surface area contributed by atoms with Gasteiger partial charge in [0.2, 0.25) is 5.91 Å². The van der Waals surface area contributed by atoms with E-state index in [1.165, 1.54) is 0 Å². The van der Waals surface area contributed by atoms with Gasteiger partial charge in [-0.25, -0.2) is 0 Å². The second-order valence-corrected chi connectivity index (χ2v) is 3.80. The number of rotatable bonds is 2. The summed E-state index contributed by atoms with van der Waals surface area (Å²) in [7, 11) is 0. The van der Waals surface area contributed by atoms with Gasteiger partial charge in [0.25, 0.3) is 0 Å². The molecule has 0 bridgehead atoms. The lowest BCUT2D eigenvalue weighted by Gasteiger charge is -2.24. The largest absolute Gasteiger partial charge is 0.396 e. The molecule has 0 aromatic heterocycles. The highest BCUT2D eigenvalue weighted by Crippen LogP contribution is 2.31. The maximum Gasteiger partial charge on any atom is 0.220 e. The molecular weight excluding hydrogens is 142 g/mol. The topological polar surface area (TPSA) is 49.3 Å². The summed E-state index contributed by atoms with van der Waals surface area (Å²) in [6.07, 6.45) is 1.25.